The van der Waals surface area contributed by atoms with Crippen molar-refractivity contribution in [2.75, 3.05) is 33.6 Å². The van der Waals surface area contributed by atoms with Gasteiger partial charge < -0.3 is 42.6 Å². The van der Waals surface area contributed by atoms with Crippen LogP contribution in [-0.4, -0.2) is 93.8 Å². The number of esters is 6. The SMILES string of the molecule is C.C.C.C.C.CCC(C)(C)C(=O)OC1CC2CC(C(=O)OCOCC34CC5CC(CC(C5)C3)C4)C1C2.CCC(C)C(=O)OC1CC2CC(C(=O)OCOC3C4CC5CC(C4)CC3C5)C1C2.CCC(C)C(=O)OC1CC2CC(C(=O)OCOCC34CC5CC(CC(C5)C3)C4)C1C2. The summed E-state index contributed by atoms with van der Waals surface area (Å²) in [6.45, 7) is 15.4. The van der Waals surface area contributed by atoms with Crippen molar-refractivity contribution in [1.82, 2.24) is 0 Å². The van der Waals surface area contributed by atoms with E-state index in [1.165, 1.54) is 109 Å². The Labute approximate surface area is 575 Å². The molecule has 0 radical (unpaired) electrons. The Bertz CT molecular complexity index is 2480. The molecule has 18 rings (SSSR count). The molecule has 544 valence electrons. The maximum absolute atomic E-state index is 12.8. The van der Waals surface area contributed by atoms with E-state index in [2.05, 4.69) is 0 Å². The third-order valence-corrected chi connectivity index (χ3v) is 27.7. The first-order valence-electron chi connectivity index (χ1n) is 37.1. The van der Waals surface area contributed by atoms with Gasteiger partial charge in [-0.2, -0.15) is 0 Å². The Morgan fingerprint density at radius 1 is 0.389 bits per heavy atom. The molecule has 0 N–H and O–H groups in total. The van der Waals surface area contributed by atoms with E-state index in [1.54, 1.807) is 0 Å². The van der Waals surface area contributed by atoms with Crippen LogP contribution in [0.4, 0.5) is 0 Å². The summed E-state index contributed by atoms with van der Waals surface area (Å²) in [6.07, 6.45) is 33.6. The van der Waals surface area contributed by atoms with E-state index in [1.807, 2.05) is 48.5 Å². The second kappa shape index (κ2) is 32.1. The van der Waals surface area contributed by atoms with E-state index in [-0.39, 0.29) is 159 Å². The average molecular weight is 1340 g/mol. The lowest BCUT2D eigenvalue weighted by Gasteiger charge is -2.56. The third kappa shape index (κ3) is 16.9. The van der Waals surface area contributed by atoms with Crippen LogP contribution in [0.3, 0.4) is 0 Å². The zero-order valence-corrected chi connectivity index (χ0v) is 56.1. The van der Waals surface area contributed by atoms with Crippen LogP contribution in [0.2, 0.25) is 0 Å². The van der Waals surface area contributed by atoms with E-state index in [0.717, 1.165) is 138 Å². The molecule has 14 atom stereocenters. The molecule has 18 saturated carbocycles. The summed E-state index contributed by atoms with van der Waals surface area (Å²) in [5.74, 6) is 9.02. The number of carbonyl (C=O) groups is 6. The van der Waals surface area contributed by atoms with Gasteiger partial charge in [-0.05, 0) is 288 Å². The quantitative estimate of drug-likeness (QED) is 0.0407. The van der Waals surface area contributed by atoms with Gasteiger partial charge in [0.1, 0.15) is 18.3 Å². The molecule has 18 fully saturated rings. The van der Waals surface area contributed by atoms with Gasteiger partial charge in [0.25, 0.3) is 0 Å². The van der Waals surface area contributed by atoms with Gasteiger partial charge >= 0.3 is 35.8 Å². The summed E-state index contributed by atoms with van der Waals surface area (Å²) in [5.41, 5.74) is 0.227. The minimum atomic E-state index is -0.469. The Kier molecular flexibility index (Phi) is 26.2. The minimum absolute atomic E-state index is 0. The summed E-state index contributed by atoms with van der Waals surface area (Å²) in [7, 11) is 0. The highest BCUT2D eigenvalue weighted by Gasteiger charge is 2.57. The van der Waals surface area contributed by atoms with Crippen molar-refractivity contribution in [2.24, 2.45) is 141 Å². The van der Waals surface area contributed by atoms with Crippen LogP contribution in [-0.2, 0) is 71.4 Å². The van der Waals surface area contributed by atoms with E-state index >= 15 is 0 Å². The molecular formula is C80H134O15. The van der Waals surface area contributed by atoms with Gasteiger partial charge in [0, 0.05) is 17.8 Å². The number of carbonyl (C=O) groups excluding carboxylic acids is 6. The molecular weight excluding hydrogens is 1200 g/mol. The molecule has 0 heterocycles. The smallest absolute Gasteiger partial charge is 0.311 e. The number of fused-ring (bicyclic) bond motifs is 6. The Balaban J connectivity index is 0.000000178. The van der Waals surface area contributed by atoms with Crippen LogP contribution in [0.1, 0.15) is 272 Å². The second-order valence-electron chi connectivity index (χ2n) is 34.6. The number of hydrogen-bond donors (Lipinski definition) is 0. The summed E-state index contributed by atoms with van der Waals surface area (Å²) in [5, 5.41) is 0. The first-order valence-corrected chi connectivity index (χ1v) is 37.1. The molecule has 15 nitrogen and oxygen atoms in total. The average Bonchev–Trinajstić information content (AvgIpc) is 1.76. The molecule has 0 aromatic carbocycles. The Morgan fingerprint density at radius 2 is 0.695 bits per heavy atom. The summed E-state index contributed by atoms with van der Waals surface area (Å²) < 4.78 is 52.2. The normalized spacial score (nSPS) is 41.8. The van der Waals surface area contributed by atoms with Crippen molar-refractivity contribution in [1.29, 1.82) is 0 Å². The van der Waals surface area contributed by atoms with Crippen LogP contribution < -0.4 is 0 Å². The standard InChI is InChI=1S/C26H40O5.C25H38O5.C24H36O5.5CH4/c1-4-25(2,3)24(28)31-22-10-16-8-20(22)21(9-16)23(27)30-15-29-14-26-11-17-5-18(12-26)7-19(6-17)13-26;1-3-15(2)23(26)30-22-9-16-7-20(22)21(8-16)24(27)29-14-28-13-25-10-17-4-18(11-25)6-19(5-17)12-25;1-3-13(2)23(25)29-21-11-16-9-19(21)20(10-16)24(26)28-12-27-22-17-5-14-4-15(7-17)8-18(22)6-14;;;;;/h16-22H,4-15H2,1-3H3;15-22H,3-14H2,1-2H3;13-22H,3-12H2,1-2H3;5*1H4. The minimum Gasteiger partial charge on any atom is -0.462 e. The predicted octanol–water partition coefficient (Wildman–Crippen LogP) is 17.4. The maximum Gasteiger partial charge on any atom is 0.311 e. The highest BCUT2D eigenvalue weighted by atomic mass is 16.7. The molecule has 14 unspecified atom stereocenters. The van der Waals surface area contributed by atoms with Gasteiger partial charge in [-0.3, -0.25) is 28.8 Å². The van der Waals surface area contributed by atoms with Gasteiger partial charge in [0.05, 0.1) is 54.3 Å². The van der Waals surface area contributed by atoms with Crippen molar-refractivity contribution in [3.05, 3.63) is 0 Å². The van der Waals surface area contributed by atoms with Crippen molar-refractivity contribution < 1.29 is 71.4 Å². The fraction of sp³-hybridized carbons (Fsp3) is 0.925. The van der Waals surface area contributed by atoms with Gasteiger partial charge in [-0.15, -0.1) is 0 Å². The monoisotopic (exact) mass is 1330 g/mol. The molecule has 0 spiro atoms. The van der Waals surface area contributed by atoms with Crippen LogP contribution in [0.25, 0.3) is 0 Å². The van der Waals surface area contributed by atoms with E-state index < -0.39 is 5.41 Å². The molecule has 0 amide bonds. The molecule has 95 heavy (non-hydrogen) atoms. The van der Waals surface area contributed by atoms with E-state index in [9.17, 15) is 28.8 Å². The van der Waals surface area contributed by atoms with E-state index in [4.69, 9.17) is 42.6 Å². The van der Waals surface area contributed by atoms with Crippen molar-refractivity contribution in [3.63, 3.8) is 0 Å². The molecule has 18 bridgehead atoms. The Hall–Kier alpha value is -3.30. The van der Waals surface area contributed by atoms with Crippen molar-refractivity contribution in [2.45, 2.75) is 296 Å². The zero-order chi connectivity index (χ0) is 62.8. The maximum atomic E-state index is 12.8. The molecule has 0 saturated heterocycles. The molecule has 0 aromatic heterocycles. The van der Waals surface area contributed by atoms with Gasteiger partial charge in [0.15, 0.2) is 20.4 Å². The Morgan fingerprint density at radius 3 is 1.01 bits per heavy atom. The van der Waals surface area contributed by atoms with Crippen molar-refractivity contribution in [3.8, 4) is 0 Å². The number of rotatable bonds is 23. The van der Waals surface area contributed by atoms with Crippen LogP contribution in [0.15, 0.2) is 0 Å². The molecule has 18 aliphatic carbocycles. The fourth-order valence-electron chi connectivity index (χ4n) is 23.7. The van der Waals surface area contributed by atoms with Gasteiger partial charge in [0.2, 0.25) is 0 Å². The first kappa shape index (κ1) is 77.4. The highest BCUT2D eigenvalue weighted by Crippen LogP contribution is 2.62. The third-order valence-electron chi connectivity index (χ3n) is 27.7. The molecule has 15 heteroatoms. The summed E-state index contributed by atoms with van der Waals surface area (Å²) >= 11 is 0. The predicted molar refractivity (Wildman–Crippen MR) is 367 cm³/mol. The highest BCUT2D eigenvalue weighted by molar-refractivity contribution is 5.77. The van der Waals surface area contributed by atoms with Gasteiger partial charge in [-0.1, -0.05) is 71.8 Å². The first-order chi connectivity index (χ1) is 43.2. The summed E-state index contributed by atoms with van der Waals surface area (Å²) in [6, 6.07) is 0. The fourth-order valence-corrected chi connectivity index (χ4v) is 23.7. The molecule has 0 aromatic rings. The van der Waals surface area contributed by atoms with Crippen LogP contribution in [0.5, 0.6) is 0 Å². The topological polar surface area (TPSA) is 185 Å². The summed E-state index contributed by atoms with van der Waals surface area (Å²) in [4.78, 5) is 75.2. The van der Waals surface area contributed by atoms with E-state index in [0.29, 0.717) is 46.5 Å². The van der Waals surface area contributed by atoms with Crippen LogP contribution >= 0.6 is 0 Å². The molecule has 18 aliphatic rings. The van der Waals surface area contributed by atoms with Crippen LogP contribution in [0, 0.1) is 141 Å². The zero-order valence-electron chi connectivity index (χ0n) is 56.1. The largest absolute Gasteiger partial charge is 0.462 e. The lowest BCUT2D eigenvalue weighted by Crippen LogP contribution is -2.49. The second-order valence-corrected chi connectivity index (χ2v) is 34.6. The van der Waals surface area contributed by atoms with Crippen molar-refractivity contribution >= 4 is 35.8 Å². The number of ether oxygens (including phenoxy) is 9. The lowest BCUT2D eigenvalue weighted by atomic mass is 9.50. The number of hydrogen-bond acceptors (Lipinski definition) is 15. The lowest BCUT2D eigenvalue weighted by molar-refractivity contribution is -0.192. The molecule has 0 aliphatic heterocycles. The van der Waals surface area contributed by atoms with Gasteiger partial charge in [-0.25, -0.2) is 0 Å².